The molecular weight excluding hydrogens is 384 g/mol. The van der Waals surface area contributed by atoms with E-state index in [-0.39, 0.29) is 26.5 Å². The quantitative estimate of drug-likeness (QED) is 0.759. The minimum absolute atomic E-state index is 0. The Morgan fingerprint density at radius 1 is 1.07 bits per heavy atom. The number of hydrogen-bond donors (Lipinski definition) is 2. The number of carbonyl (C=O) groups is 1. The van der Waals surface area contributed by atoms with E-state index in [2.05, 4.69) is 5.32 Å². The Bertz CT molecular complexity index is 609. The lowest BCUT2D eigenvalue weighted by Gasteiger charge is -2.38. The fourth-order valence-corrected chi connectivity index (χ4v) is 3.97. The second-order valence-corrected chi connectivity index (χ2v) is 7.70. The Morgan fingerprint density at radius 3 is 2.13 bits per heavy atom. The normalized spacial score (nSPS) is 27.9. The van der Waals surface area contributed by atoms with Gasteiger partial charge in [-0.2, -0.15) is 0 Å². The van der Waals surface area contributed by atoms with Crippen LogP contribution in [0.4, 0.5) is 4.79 Å². The molecule has 4 aliphatic heterocycles. The summed E-state index contributed by atoms with van der Waals surface area (Å²) in [6.07, 6.45) is 4.28. The molecule has 7 heteroatoms. The van der Waals surface area contributed by atoms with Crippen LogP contribution >= 0.6 is 0 Å². The molecule has 2 N–H and O–H groups in total. The van der Waals surface area contributed by atoms with Crippen molar-refractivity contribution in [3.05, 3.63) is 35.9 Å². The van der Waals surface area contributed by atoms with Gasteiger partial charge in [0.1, 0.15) is 6.61 Å². The molecule has 1 aromatic rings. The summed E-state index contributed by atoms with van der Waals surface area (Å²) in [6.45, 7) is 5.82. The smallest absolute Gasteiger partial charge is 0.410 e. The Hall–Kier alpha value is -1.67. The molecule has 0 aliphatic carbocycles. The molecule has 7 nitrogen and oxygen atoms in total. The van der Waals surface area contributed by atoms with Crippen molar-refractivity contribution in [2.75, 3.05) is 46.5 Å². The highest BCUT2D eigenvalue weighted by Crippen LogP contribution is 2.36. The highest BCUT2D eigenvalue weighted by molar-refractivity contribution is 5.68. The van der Waals surface area contributed by atoms with Gasteiger partial charge in [-0.3, -0.25) is 0 Å². The minimum atomic E-state index is -0.230. The maximum Gasteiger partial charge on any atom is 0.410 e. The SMILES string of the molecule is C.C.C1C[C@]2(CCO2)CN1.CO.O=C(OCc1ccccc1)N1CC[C@]2(CCO2)C1. The summed E-state index contributed by atoms with van der Waals surface area (Å²) in [5.41, 5.74) is 1.27. The Labute approximate surface area is 181 Å². The van der Waals surface area contributed by atoms with E-state index in [0.29, 0.717) is 18.8 Å². The number of carbonyl (C=O) groups excluding carboxylic acids is 1. The maximum absolute atomic E-state index is 11.9. The van der Waals surface area contributed by atoms with Crippen LogP contribution in [0.25, 0.3) is 0 Å². The fraction of sp³-hybridized carbons (Fsp3) is 0.696. The zero-order valence-corrected chi connectivity index (χ0v) is 16.7. The standard InChI is InChI=1S/C14H17NO3.C6H11NO.CH4O.2CH4/c16-13(17-10-12-4-2-1-3-5-12)15-8-6-14(11-15)7-9-18-14;1-3-7-5-6(1)2-4-8-6;1-2;;/h1-5H,6-11H2;7H,1-5H2;2H,1H3;2*1H4/t14-;6-;;;/m00.../s1. The van der Waals surface area contributed by atoms with Crippen molar-refractivity contribution in [2.45, 2.75) is 58.3 Å². The molecule has 1 aromatic carbocycles. The third-order valence-corrected chi connectivity index (χ3v) is 5.92. The highest BCUT2D eigenvalue weighted by atomic mass is 16.6. The number of amides is 1. The predicted molar refractivity (Wildman–Crippen MR) is 119 cm³/mol. The van der Waals surface area contributed by atoms with Gasteiger partial charge in [0.25, 0.3) is 0 Å². The monoisotopic (exact) mass is 424 g/mol. The van der Waals surface area contributed by atoms with Gasteiger partial charge in [-0.25, -0.2) is 4.79 Å². The third-order valence-electron chi connectivity index (χ3n) is 5.92. The van der Waals surface area contributed by atoms with Crippen LogP contribution in [0.1, 0.15) is 46.1 Å². The summed E-state index contributed by atoms with van der Waals surface area (Å²) in [5, 5.41) is 10.3. The number of hydrogen-bond acceptors (Lipinski definition) is 6. The Balaban J connectivity index is 0.000000317. The van der Waals surface area contributed by atoms with Crippen LogP contribution in [0.3, 0.4) is 0 Å². The number of aliphatic hydroxyl groups excluding tert-OH is 1. The van der Waals surface area contributed by atoms with E-state index in [0.717, 1.165) is 58.4 Å². The molecule has 0 unspecified atom stereocenters. The molecule has 5 rings (SSSR count). The summed E-state index contributed by atoms with van der Waals surface area (Å²) in [4.78, 5) is 13.6. The summed E-state index contributed by atoms with van der Waals surface area (Å²) in [5.74, 6) is 0. The zero-order chi connectivity index (χ0) is 19.9. The van der Waals surface area contributed by atoms with Crippen LogP contribution in [0.5, 0.6) is 0 Å². The summed E-state index contributed by atoms with van der Waals surface area (Å²) in [7, 11) is 1.00. The third kappa shape index (κ3) is 6.41. The largest absolute Gasteiger partial charge is 0.445 e. The molecule has 2 atom stereocenters. The summed E-state index contributed by atoms with van der Waals surface area (Å²) >= 11 is 0. The number of likely N-dealkylation sites (tertiary alicyclic amines) is 1. The van der Waals surface area contributed by atoms with E-state index >= 15 is 0 Å². The van der Waals surface area contributed by atoms with Crippen molar-refractivity contribution in [3.63, 3.8) is 0 Å². The molecule has 172 valence electrons. The van der Waals surface area contributed by atoms with Gasteiger partial charge in [0.2, 0.25) is 0 Å². The summed E-state index contributed by atoms with van der Waals surface area (Å²) in [6, 6.07) is 9.73. The van der Waals surface area contributed by atoms with E-state index in [9.17, 15) is 4.79 Å². The lowest BCUT2D eigenvalue weighted by molar-refractivity contribution is -0.136. The van der Waals surface area contributed by atoms with Crippen molar-refractivity contribution in [1.29, 1.82) is 0 Å². The number of nitrogens with one attached hydrogen (secondary N) is 1. The lowest BCUT2D eigenvalue weighted by atomic mass is 9.94. The van der Waals surface area contributed by atoms with Gasteiger partial charge in [0, 0.05) is 33.0 Å². The van der Waals surface area contributed by atoms with Crippen molar-refractivity contribution in [3.8, 4) is 0 Å². The second kappa shape index (κ2) is 12.2. The van der Waals surface area contributed by atoms with Crippen LogP contribution in [0.2, 0.25) is 0 Å². The molecular formula is C23H40N2O5. The molecule has 0 aromatic heterocycles. The van der Waals surface area contributed by atoms with Gasteiger partial charge in [-0.1, -0.05) is 45.2 Å². The van der Waals surface area contributed by atoms with E-state index in [1.54, 1.807) is 4.90 Å². The summed E-state index contributed by atoms with van der Waals surface area (Å²) < 4.78 is 16.3. The fourth-order valence-electron chi connectivity index (χ4n) is 3.97. The first-order valence-electron chi connectivity index (χ1n) is 10.1. The molecule has 4 saturated heterocycles. The second-order valence-electron chi connectivity index (χ2n) is 7.70. The van der Waals surface area contributed by atoms with Crippen molar-refractivity contribution in [1.82, 2.24) is 10.2 Å². The maximum atomic E-state index is 11.9. The first kappa shape index (κ1) is 26.4. The minimum Gasteiger partial charge on any atom is -0.445 e. The number of rotatable bonds is 2. The Morgan fingerprint density at radius 2 is 1.70 bits per heavy atom. The van der Waals surface area contributed by atoms with Crippen LogP contribution in [-0.2, 0) is 20.8 Å². The predicted octanol–water partition coefficient (Wildman–Crippen LogP) is 3.21. The average Bonchev–Trinajstić information content (AvgIpc) is 3.36. The van der Waals surface area contributed by atoms with Gasteiger partial charge >= 0.3 is 6.09 Å². The number of benzene rings is 1. The molecule has 1 amide bonds. The van der Waals surface area contributed by atoms with Gasteiger partial charge < -0.3 is 29.5 Å². The van der Waals surface area contributed by atoms with E-state index in [1.165, 1.54) is 12.8 Å². The molecule has 30 heavy (non-hydrogen) atoms. The van der Waals surface area contributed by atoms with Gasteiger partial charge in [0.15, 0.2) is 0 Å². The van der Waals surface area contributed by atoms with E-state index < -0.39 is 0 Å². The number of nitrogens with zero attached hydrogens (tertiary/aromatic N) is 1. The van der Waals surface area contributed by atoms with Crippen LogP contribution < -0.4 is 5.32 Å². The molecule has 4 aliphatic rings. The van der Waals surface area contributed by atoms with Crippen LogP contribution in [0.15, 0.2) is 30.3 Å². The van der Waals surface area contributed by atoms with Crippen LogP contribution in [-0.4, -0.2) is 73.8 Å². The molecule has 0 bridgehead atoms. The van der Waals surface area contributed by atoms with E-state index in [1.807, 2.05) is 30.3 Å². The van der Waals surface area contributed by atoms with E-state index in [4.69, 9.17) is 19.3 Å². The van der Waals surface area contributed by atoms with Gasteiger partial charge in [-0.15, -0.1) is 0 Å². The van der Waals surface area contributed by atoms with Gasteiger partial charge in [-0.05, 0) is 24.9 Å². The highest BCUT2D eigenvalue weighted by Gasteiger charge is 2.46. The first-order valence-corrected chi connectivity index (χ1v) is 10.1. The molecule has 0 radical (unpaired) electrons. The molecule has 0 saturated carbocycles. The Kier molecular flexibility index (Phi) is 10.8. The lowest BCUT2D eigenvalue weighted by Crippen LogP contribution is -2.46. The first-order chi connectivity index (χ1) is 13.7. The number of ether oxygens (including phenoxy) is 3. The topological polar surface area (TPSA) is 80.3 Å². The molecule has 4 heterocycles. The zero-order valence-electron chi connectivity index (χ0n) is 16.7. The van der Waals surface area contributed by atoms with Gasteiger partial charge in [0.05, 0.1) is 31.0 Å². The molecule has 4 fully saturated rings. The number of aliphatic hydroxyl groups is 1. The van der Waals surface area contributed by atoms with Crippen molar-refractivity contribution in [2.24, 2.45) is 0 Å². The van der Waals surface area contributed by atoms with Crippen LogP contribution in [0, 0.1) is 0 Å². The van der Waals surface area contributed by atoms with Crippen molar-refractivity contribution < 1.29 is 24.1 Å². The van der Waals surface area contributed by atoms with Crippen molar-refractivity contribution >= 4 is 6.09 Å². The average molecular weight is 425 g/mol. The molecule has 2 spiro atoms.